The number of carboxylic acids is 1. The Hall–Kier alpha value is -0.610. The van der Waals surface area contributed by atoms with Crippen LogP contribution < -0.4 is 0 Å². The molecular formula is C13H25NO3. The van der Waals surface area contributed by atoms with Crippen molar-refractivity contribution in [2.45, 2.75) is 51.6 Å². The molecule has 0 radical (unpaired) electrons. The third-order valence-electron chi connectivity index (χ3n) is 3.93. The summed E-state index contributed by atoms with van der Waals surface area (Å²) >= 11 is 0. The largest absolute Gasteiger partial charge is 0.481 e. The fraction of sp³-hybridized carbons (Fsp3) is 0.923. The van der Waals surface area contributed by atoms with Gasteiger partial charge in [0.25, 0.3) is 0 Å². The van der Waals surface area contributed by atoms with Crippen molar-refractivity contribution in [3.63, 3.8) is 0 Å². The third-order valence-corrected chi connectivity index (χ3v) is 3.93. The van der Waals surface area contributed by atoms with Crippen LogP contribution in [0.25, 0.3) is 0 Å². The predicted octanol–water partition coefficient (Wildman–Crippen LogP) is 1.99. The van der Waals surface area contributed by atoms with Gasteiger partial charge in [0, 0.05) is 25.7 Å². The first-order valence-corrected chi connectivity index (χ1v) is 6.59. The molecule has 100 valence electrons. The lowest BCUT2D eigenvalue weighted by molar-refractivity contribution is -0.143. The first-order chi connectivity index (χ1) is 8.11. The van der Waals surface area contributed by atoms with E-state index in [0.29, 0.717) is 12.6 Å². The zero-order valence-electron chi connectivity index (χ0n) is 11.2. The van der Waals surface area contributed by atoms with Crippen LogP contribution in [0, 0.1) is 5.92 Å². The van der Waals surface area contributed by atoms with E-state index in [0.717, 1.165) is 32.2 Å². The van der Waals surface area contributed by atoms with Gasteiger partial charge in [-0.05, 0) is 26.2 Å². The highest BCUT2D eigenvalue weighted by molar-refractivity contribution is 5.71. The summed E-state index contributed by atoms with van der Waals surface area (Å²) in [6, 6.07) is 0.618. The van der Waals surface area contributed by atoms with Gasteiger partial charge >= 0.3 is 5.97 Å². The molecule has 4 nitrogen and oxygen atoms in total. The molecule has 3 atom stereocenters. The third kappa shape index (κ3) is 3.68. The van der Waals surface area contributed by atoms with E-state index in [2.05, 4.69) is 18.7 Å². The first kappa shape index (κ1) is 14.5. The highest BCUT2D eigenvalue weighted by atomic mass is 16.5. The summed E-state index contributed by atoms with van der Waals surface area (Å²) in [6.07, 6.45) is 3.90. The molecule has 3 unspecified atom stereocenters. The minimum Gasteiger partial charge on any atom is -0.481 e. The molecule has 0 saturated heterocycles. The Morgan fingerprint density at radius 2 is 2.24 bits per heavy atom. The second kappa shape index (κ2) is 6.97. The highest BCUT2D eigenvalue weighted by Gasteiger charge is 2.37. The van der Waals surface area contributed by atoms with Gasteiger partial charge in [0.2, 0.25) is 0 Å². The fourth-order valence-electron chi connectivity index (χ4n) is 2.77. The average molecular weight is 243 g/mol. The Labute approximate surface area is 104 Å². The van der Waals surface area contributed by atoms with Gasteiger partial charge in [-0.25, -0.2) is 0 Å². The maximum atomic E-state index is 11.2. The smallest absolute Gasteiger partial charge is 0.308 e. The number of carboxylic acid groups (broad SMARTS) is 1. The highest BCUT2D eigenvalue weighted by Crippen LogP contribution is 2.31. The van der Waals surface area contributed by atoms with Crippen molar-refractivity contribution in [2.75, 3.05) is 20.3 Å². The van der Waals surface area contributed by atoms with Crippen LogP contribution in [0.15, 0.2) is 0 Å². The van der Waals surface area contributed by atoms with Gasteiger partial charge in [0.15, 0.2) is 0 Å². The van der Waals surface area contributed by atoms with Crippen LogP contribution in [0.3, 0.4) is 0 Å². The number of aliphatic carboxylic acids is 1. The normalized spacial score (nSPS) is 26.4. The van der Waals surface area contributed by atoms with Gasteiger partial charge in [-0.3, -0.25) is 9.69 Å². The van der Waals surface area contributed by atoms with E-state index in [1.54, 1.807) is 7.11 Å². The van der Waals surface area contributed by atoms with E-state index in [-0.39, 0.29) is 12.0 Å². The van der Waals surface area contributed by atoms with E-state index in [1.807, 2.05) is 0 Å². The lowest BCUT2D eigenvalue weighted by atomic mass is 10.00. The molecule has 0 aromatic carbocycles. The zero-order valence-corrected chi connectivity index (χ0v) is 11.2. The molecule has 0 aromatic heterocycles. The minimum absolute atomic E-state index is 0.192. The van der Waals surface area contributed by atoms with Crippen molar-refractivity contribution < 1.29 is 14.6 Å². The second-order valence-electron chi connectivity index (χ2n) is 4.93. The van der Waals surface area contributed by atoms with Crippen molar-refractivity contribution in [2.24, 2.45) is 5.92 Å². The predicted molar refractivity (Wildman–Crippen MR) is 67.1 cm³/mol. The van der Waals surface area contributed by atoms with Gasteiger partial charge in [0.05, 0.1) is 12.5 Å². The zero-order chi connectivity index (χ0) is 12.8. The van der Waals surface area contributed by atoms with E-state index in [4.69, 9.17) is 4.74 Å². The van der Waals surface area contributed by atoms with E-state index in [1.165, 1.54) is 0 Å². The van der Waals surface area contributed by atoms with Gasteiger partial charge in [-0.1, -0.05) is 13.3 Å². The van der Waals surface area contributed by atoms with Crippen LogP contribution in [0.4, 0.5) is 0 Å². The quantitative estimate of drug-likeness (QED) is 0.743. The molecule has 0 heterocycles. The number of hydrogen-bond donors (Lipinski definition) is 1. The Morgan fingerprint density at radius 3 is 2.76 bits per heavy atom. The van der Waals surface area contributed by atoms with Crippen LogP contribution in [-0.2, 0) is 9.53 Å². The van der Waals surface area contributed by atoms with Crippen LogP contribution in [0.2, 0.25) is 0 Å². The molecule has 0 aliphatic heterocycles. The summed E-state index contributed by atoms with van der Waals surface area (Å²) in [7, 11) is 1.69. The van der Waals surface area contributed by atoms with Crippen LogP contribution in [0.1, 0.15) is 39.5 Å². The summed E-state index contributed by atoms with van der Waals surface area (Å²) < 4.78 is 5.13. The average Bonchev–Trinajstić information content (AvgIpc) is 2.78. The molecule has 1 fully saturated rings. The number of rotatable bonds is 7. The molecule has 0 aromatic rings. The lowest BCUT2D eigenvalue weighted by Crippen LogP contribution is -2.46. The Bertz CT molecular complexity index is 245. The summed E-state index contributed by atoms with van der Waals surface area (Å²) in [5.74, 6) is -0.834. The number of methoxy groups -OCH3 is 1. The Kier molecular flexibility index (Phi) is 5.92. The SMILES string of the molecule is CCC(C)N(CCOC)C1CCCC1C(=O)O. The summed E-state index contributed by atoms with van der Waals surface area (Å²) in [5.41, 5.74) is 0. The fourth-order valence-corrected chi connectivity index (χ4v) is 2.77. The topological polar surface area (TPSA) is 49.8 Å². The molecule has 4 heteroatoms. The van der Waals surface area contributed by atoms with Crippen molar-refractivity contribution in [3.05, 3.63) is 0 Å². The van der Waals surface area contributed by atoms with Crippen molar-refractivity contribution >= 4 is 5.97 Å². The standard InChI is InChI=1S/C13H25NO3/c1-4-10(2)14(8-9-17-3)12-7-5-6-11(12)13(15)16/h10-12H,4-9H2,1-3H3,(H,15,16). The van der Waals surface area contributed by atoms with Gasteiger partial charge < -0.3 is 9.84 Å². The van der Waals surface area contributed by atoms with Crippen molar-refractivity contribution in [1.29, 1.82) is 0 Å². The number of hydrogen-bond acceptors (Lipinski definition) is 3. The Morgan fingerprint density at radius 1 is 1.53 bits per heavy atom. The molecule has 0 amide bonds. The van der Waals surface area contributed by atoms with Crippen LogP contribution in [-0.4, -0.2) is 48.3 Å². The van der Waals surface area contributed by atoms with Crippen molar-refractivity contribution in [1.82, 2.24) is 4.90 Å². The lowest BCUT2D eigenvalue weighted by Gasteiger charge is -2.36. The number of carbonyl (C=O) groups is 1. The molecule has 0 bridgehead atoms. The van der Waals surface area contributed by atoms with Gasteiger partial charge in [0.1, 0.15) is 0 Å². The summed E-state index contributed by atoms with van der Waals surface area (Å²) in [4.78, 5) is 13.6. The summed E-state index contributed by atoms with van der Waals surface area (Å²) in [5, 5.41) is 9.25. The first-order valence-electron chi connectivity index (χ1n) is 6.59. The van der Waals surface area contributed by atoms with Crippen LogP contribution >= 0.6 is 0 Å². The molecule has 1 aliphatic rings. The summed E-state index contributed by atoms with van der Waals surface area (Å²) in [6.45, 7) is 5.83. The maximum absolute atomic E-state index is 11.2. The molecule has 17 heavy (non-hydrogen) atoms. The Balaban J connectivity index is 2.70. The molecule has 1 saturated carbocycles. The molecule has 1 rings (SSSR count). The maximum Gasteiger partial charge on any atom is 0.308 e. The van der Waals surface area contributed by atoms with Gasteiger partial charge in [-0.15, -0.1) is 0 Å². The monoisotopic (exact) mass is 243 g/mol. The molecule has 1 aliphatic carbocycles. The minimum atomic E-state index is -0.641. The molecular weight excluding hydrogens is 218 g/mol. The number of nitrogens with zero attached hydrogens (tertiary/aromatic N) is 1. The molecule has 1 N–H and O–H groups in total. The number of ether oxygens (including phenoxy) is 1. The van der Waals surface area contributed by atoms with Crippen LogP contribution in [0.5, 0.6) is 0 Å². The van der Waals surface area contributed by atoms with Crippen molar-refractivity contribution in [3.8, 4) is 0 Å². The second-order valence-corrected chi connectivity index (χ2v) is 4.93. The van der Waals surface area contributed by atoms with Gasteiger partial charge in [-0.2, -0.15) is 0 Å². The van der Waals surface area contributed by atoms with E-state index in [9.17, 15) is 9.90 Å². The van der Waals surface area contributed by atoms with E-state index >= 15 is 0 Å². The van der Waals surface area contributed by atoms with E-state index < -0.39 is 5.97 Å². The molecule has 0 spiro atoms.